The largest absolute Gasteiger partial charge is 0.481 e. The highest BCUT2D eigenvalue weighted by Crippen LogP contribution is 2.27. The molecule has 0 saturated carbocycles. The zero-order valence-electron chi connectivity index (χ0n) is 13.8. The van der Waals surface area contributed by atoms with Crippen molar-refractivity contribution in [2.75, 3.05) is 5.32 Å². The van der Waals surface area contributed by atoms with Crippen LogP contribution in [-0.4, -0.2) is 12.0 Å². The molecule has 1 N–H and O–H groups in total. The molecule has 126 valence electrons. The lowest BCUT2D eigenvalue weighted by Crippen LogP contribution is -2.30. The van der Waals surface area contributed by atoms with Crippen molar-refractivity contribution >= 4 is 11.6 Å². The van der Waals surface area contributed by atoms with Gasteiger partial charge in [-0.15, -0.1) is 0 Å². The SMILES string of the molecule is C[C@@H](Oc1cccc(F)c1)C(=O)Nc1ccccc1-c1ccccc1. The van der Waals surface area contributed by atoms with Crippen molar-refractivity contribution in [1.29, 1.82) is 0 Å². The second-order valence-corrected chi connectivity index (χ2v) is 5.62. The van der Waals surface area contributed by atoms with Crippen LogP contribution in [0.2, 0.25) is 0 Å². The normalized spacial score (nSPS) is 11.6. The van der Waals surface area contributed by atoms with E-state index in [-0.39, 0.29) is 5.91 Å². The molecule has 0 bridgehead atoms. The molecule has 0 heterocycles. The molecule has 1 atom stereocenters. The molecule has 3 rings (SSSR count). The molecule has 1 amide bonds. The maximum atomic E-state index is 13.2. The van der Waals surface area contributed by atoms with Crippen LogP contribution in [0.15, 0.2) is 78.9 Å². The molecule has 0 aliphatic heterocycles. The second-order valence-electron chi connectivity index (χ2n) is 5.62. The fourth-order valence-corrected chi connectivity index (χ4v) is 2.49. The van der Waals surface area contributed by atoms with Gasteiger partial charge in [0, 0.05) is 17.3 Å². The Morgan fingerprint density at radius 1 is 0.960 bits per heavy atom. The summed E-state index contributed by atoms with van der Waals surface area (Å²) in [6, 6.07) is 23.1. The van der Waals surface area contributed by atoms with Gasteiger partial charge in [-0.25, -0.2) is 4.39 Å². The monoisotopic (exact) mass is 335 g/mol. The lowest BCUT2D eigenvalue weighted by molar-refractivity contribution is -0.122. The zero-order chi connectivity index (χ0) is 17.6. The van der Waals surface area contributed by atoms with Gasteiger partial charge in [0.1, 0.15) is 11.6 Å². The highest BCUT2D eigenvalue weighted by Gasteiger charge is 2.16. The summed E-state index contributed by atoms with van der Waals surface area (Å²) < 4.78 is 18.7. The van der Waals surface area contributed by atoms with Crippen molar-refractivity contribution in [3.05, 3.63) is 84.7 Å². The Labute approximate surface area is 146 Å². The molecule has 0 aliphatic carbocycles. The highest BCUT2D eigenvalue weighted by atomic mass is 19.1. The van der Waals surface area contributed by atoms with E-state index in [4.69, 9.17) is 4.74 Å². The van der Waals surface area contributed by atoms with Gasteiger partial charge in [0.25, 0.3) is 5.91 Å². The van der Waals surface area contributed by atoms with Crippen LogP contribution in [-0.2, 0) is 4.79 Å². The fourth-order valence-electron chi connectivity index (χ4n) is 2.49. The first kappa shape index (κ1) is 16.7. The van der Waals surface area contributed by atoms with E-state index in [0.29, 0.717) is 11.4 Å². The fraction of sp³-hybridized carbons (Fsp3) is 0.0952. The number of hydrogen-bond donors (Lipinski definition) is 1. The second kappa shape index (κ2) is 7.62. The minimum Gasteiger partial charge on any atom is -0.481 e. The number of nitrogens with one attached hydrogen (secondary N) is 1. The molecule has 3 aromatic carbocycles. The molecule has 0 aromatic heterocycles. The van der Waals surface area contributed by atoms with Crippen LogP contribution in [0.3, 0.4) is 0 Å². The van der Waals surface area contributed by atoms with Crippen LogP contribution >= 0.6 is 0 Å². The molecular formula is C21H18FNO2. The van der Waals surface area contributed by atoms with E-state index < -0.39 is 11.9 Å². The van der Waals surface area contributed by atoms with Crippen molar-refractivity contribution in [3.63, 3.8) is 0 Å². The number of carbonyl (C=O) groups excluding carboxylic acids is 1. The summed E-state index contributed by atoms with van der Waals surface area (Å²) in [6.07, 6.45) is -0.759. The van der Waals surface area contributed by atoms with Crippen molar-refractivity contribution in [1.82, 2.24) is 0 Å². The summed E-state index contributed by atoms with van der Waals surface area (Å²) in [7, 11) is 0. The number of benzene rings is 3. The molecule has 0 radical (unpaired) electrons. The van der Waals surface area contributed by atoms with Crippen LogP contribution < -0.4 is 10.1 Å². The van der Waals surface area contributed by atoms with E-state index >= 15 is 0 Å². The van der Waals surface area contributed by atoms with Crippen molar-refractivity contribution < 1.29 is 13.9 Å². The number of hydrogen-bond acceptors (Lipinski definition) is 2. The summed E-state index contributed by atoms with van der Waals surface area (Å²) in [5.41, 5.74) is 2.64. The smallest absolute Gasteiger partial charge is 0.265 e. The van der Waals surface area contributed by atoms with Crippen molar-refractivity contribution in [3.8, 4) is 16.9 Å². The molecule has 3 nitrogen and oxygen atoms in total. The standard InChI is InChI=1S/C21H18FNO2/c1-15(25-18-11-7-10-17(22)14-18)21(24)23-20-13-6-5-12-19(20)16-8-3-2-4-9-16/h2-15H,1H3,(H,23,24)/t15-/m1/s1. The van der Waals surface area contributed by atoms with E-state index in [1.54, 1.807) is 19.1 Å². The van der Waals surface area contributed by atoms with E-state index in [2.05, 4.69) is 5.32 Å². The van der Waals surface area contributed by atoms with Crippen LogP contribution in [0.5, 0.6) is 5.75 Å². The van der Waals surface area contributed by atoms with Gasteiger partial charge in [-0.1, -0.05) is 54.6 Å². The minimum atomic E-state index is -0.759. The Kier molecular flexibility index (Phi) is 5.09. The third-order valence-corrected chi connectivity index (χ3v) is 3.75. The van der Waals surface area contributed by atoms with Gasteiger partial charge in [0.05, 0.1) is 0 Å². The number of rotatable bonds is 5. The Morgan fingerprint density at radius 2 is 1.68 bits per heavy atom. The van der Waals surface area contributed by atoms with Gasteiger partial charge in [-0.2, -0.15) is 0 Å². The molecule has 4 heteroatoms. The quantitative estimate of drug-likeness (QED) is 0.720. The Morgan fingerprint density at radius 3 is 2.44 bits per heavy atom. The van der Waals surface area contributed by atoms with E-state index in [1.807, 2.05) is 54.6 Å². The summed E-state index contributed by atoms with van der Waals surface area (Å²) in [6.45, 7) is 1.63. The predicted octanol–water partition coefficient (Wildman–Crippen LogP) is 4.90. The molecule has 0 fully saturated rings. The maximum absolute atomic E-state index is 13.2. The van der Waals surface area contributed by atoms with Gasteiger partial charge in [0.15, 0.2) is 6.10 Å². The van der Waals surface area contributed by atoms with Gasteiger partial charge in [-0.05, 0) is 30.7 Å². The number of amides is 1. The van der Waals surface area contributed by atoms with Crippen LogP contribution in [0.4, 0.5) is 10.1 Å². The zero-order valence-corrected chi connectivity index (χ0v) is 13.8. The average Bonchev–Trinajstić information content (AvgIpc) is 2.63. The van der Waals surface area contributed by atoms with E-state index in [1.165, 1.54) is 12.1 Å². The Balaban J connectivity index is 1.75. The molecule has 0 spiro atoms. The first-order valence-electron chi connectivity index (χ1n) is 8.01. The summed E-state index contributed by atoms with van der Waals surface area (Å²) in [5, 5.41) is 2.89. The maximum Gasteiger partial charge on any atom is 0.265 e. The summed E-state index contributed by atoms with van der Waals surface area (Å²) in [5.74, 6) is -0.383. The van der Waals surface area contributed by atoms with Crippen LogP contribution in [0, 0.1) is 5.82 Å². The van der Waals surface area contributed by atoms with E-state index in [9.17, 15) is 9.18 Å². The minimum absolute atomic E-state index is 0.298. The Bertz CT molecular complexity index is 865. The predicted molar refractivity (Wildman–Crippen MR) is 97.0 cm³/mol. The topological polar surface area (TPSA) is 38.3 Å². The van der Waals surface area contributed by atoms with Crippen LogP contribution in [0.25, 0.3) is 11.1 Å². The van der Waals surface area contributed by atoms with Gasteiger partial charge < -0.3 is 10.1 Å². The number of halogens is 1. The third-order valence-electron chi connectivity index (χ3n) is 3.75. The molecule has 0 aliphatic rings. The molecule has 3 aromatic rings. The first-order chi connectivity index (χ1) is 12.1. The molecule has 25 heavy (non-hydrogen) atoms. The number of anilines is 1. The lowest BCUT2D eigenvalue weighted by Gasteiger charge is -2.16. The van der Waals surface area contributed by atoms with Crippen molar-refractivity contribution in [2.45, 2.75) is 13.0 Å². The number of ether oxygens (including phenoxy) is 1. The van der Waals surface area contributed by atoms with Gasteiger partial charge >= 0.3 is 0 Å². The Hall–Kier alpha value is -3.14. The lowest BCUT2D eigenvalue weighted by atomic mass is 10.0. The number of carbonyl (C=O) groups is 1. The molecular weight excluding hydrogens is 317 g/mol. The third kappa shape index (κ3) is 4.23. The molecule has 0 saturated heterocycles. The van der Waals surface area contributed by atoms with Gasteiger partial charge in [-0.3, -0.25) is 4.79 Å². The first-order valence-corrected chi connectivity index (χ1v) is 8.01. The highest BCUT2D eigenvalue weighted by molar-refractivity contribution is 5.97. The summed E-state index contributed by atoms with van der Waals surface area (Å²) >= 11 is 0. The summed E-state index contributed by atoms with van der Waals surface area (Å²) in [4.78, 5) is 12.5. The van der Waals surface area contributed by atoms with Crippen LogP contribution in [0.1, 0.15) is 6.92 Å². The van der Waals surface area contributed by atoms with Gasteiger partial charge in [0.2, 0.25) is 0 Å². The van der Waals surface area contributed by atoms with Crippen molar-refractivity contribution in [2.24, 2.45) is 0 Å². The average molecular weight is 335 g/mol. The number of para-hydroxylation sites is 1. The van der Waals surface area contributed by atoms with E-state index in [0.717, 1.165) is 11.1 Å². The molecule has 0 unspecified atom stereocenters.